The minimum absolute atomic E-state index is 0.0534. The Morgan fingerprint density at radius 2 is 1.91 bits per heavy atom. The molecule has 1 amide bonds. The van der Waals surface area contributed by atoms with Gasteiger partial charge in [0.15, 0.2) is 6.04 Å². The van der Waals surface area contributed by atoms with Crippen molar-refractivity contribution >= 4 is 17.4 Å². The largest absolute Gasteiger partial charge is 0.573 e. The molecular weight excluding hydrogens is 447 g/mol. The first-order chi connectivity index (χ1) is 16.4. The smallest absolute Gasteiger partial charge is 0.406 e. The van der Waals surface area contributed by atoms with E-state index in [-0.39, 0.29) is 23.6 Å². The minimum atomic E-state index is -4.76. The van der Waals surface area contributed by atoms with Gasteiger partial charge < -0.3 is 20.3 Å². The van der Waals surface area contributed by atoms with Crippen LogP contribution in [0, 0.1) is 12.0 Å². The molecule has 2 aromatic rings. The highest BCUT2D eigenvalue weighted by atomic mass is 19.4. The lowest BCUT2D eigenvalue weighted by Crippen LogP contribution is -2.38. The normalized spacial score (nSPS) is 22.4. The number of amides is 1. The van der Waals surface area contributed by atoms with Gasteiger partial charge in [0.05, 0.1) is 5.56 Å². The summed E-state index contributed by atoms with van der Waals surface area (Å²) in [6.45, 7) is 3.06. The highest BCUT2D eigenvalue weighted by Gasteiger charge is 2.37. The van der Waals surface area contributed by atoms with Gasteiger partial charge in [-0.3, -0.25) is 4.79 Å². The average molecular weight is 472 g/mol. The van der Waals surface area contributed by atoms with Crippen LogP contribution in [0.2, 0.25) is 0 Å². The summed E-state index contributed by atoms with van der Waals surface area (Å²) in [4.78, 5) is 23.7. The van der Waals surface area contributed by atoms with E-state index in [1.807, 2.05) is 6.07 Å². The number of piperidine rings is 1. The van der Waals surface area contributed by atoms with Gasteiger partial charge in [-0.2, -0.15) is 0 Å². The summed E-state index contributed by atoms with van der Waals surface area (Å²) in [5.41, 5.74) is 2.27. The summed E-state index contributed by atoms with van der Waals surface area (Å²) >= 11 is 0. The predicted molar refractivity (Wildman–Crippen MR) is 121 cm³/mol. The Balaban J connectivity index is 1.23. The highest BCUT2D eigenvalue weighted by molar-refractivity contribution is 5.94. The third-order valence-corrected chi connectivity index (χ3v) is 6.69. The number of fused-ring (bicyclic) bond motifs is 1. The number of ether oxygens (including phenoxy) is 1. The van der Waals surface area contributed by atoms with Crippen molar-refractivity contribution < 1.29 is 22.7 Å². The van der Waals surface area contributed by atoms with Crippen LogP contribution in [0.3, 0.4) is 0 Å². The summed E-state index contributed by atoms with van der Waals surface area (Å²) in [7, 11) is 0. The number of hydrogen-bond donors (Lipinski definition) is 2. The second-order valence-electron chi connectivity index (χ2n) is 8.85. The zero-order chi connectivity index (χ0) is 23.7. The molecule has 3 aliphatic heterocycles. The monoisotopic (exact) mass is 472 g/mol. The van der Waals surface area contributed by atoms with E-state index in [9.17, 15) is 18.0 Å². The van der Waals surface area contributed by atoms with Crippen LogP contribution in [0.1, 0.15) is 41.1 Å². The molecule has 1 aromatic heterocycles. The predicted octanol–water partition coefficient (Wildman–Crippen LogP) is 4.37. The molecule has 2 N–H and O–H groups in total. The third kappa shape index (κ3) is 4.80. The highest BCUT2D eigenvalue weighted by Crippen LogP contribution is 2.40. The summed E-state index contributed by atoms with van der Waals surface area (Å²) in [5, 5.41) is 6.85. The van der Waals surface area contributed by atoms with Crippen molar-refractivity contribution in [3.05, 3.63) is 52.5 Å². The second-order valence-corrected chi connectivity index (χ2v) is 8.85. The Morgan fingerprint density at radius 1 is 1.15 bits per heavy atom. The van der Waals surface area contributed by atoms with Crippen LogP contribution >= 0.6 is 0 Å². The van der Waals surface area contributed by atoms with E-state index in [2.05, 4.69) is 31.3 Å². The number of carbonyl (C=O) groups is 1. The van der Waals surface area contributed by atoms with Crippen LogP contribution in [0.5, 0.6) is 5.75 Å². The van der Waals surface area contributed by atoms with Crippen LogP contribution in [0.25, 0.3) is 4.85 Å². The van der Waals surface area contributed by atoms with Gasteiger partial charge in [0.1, 0.15) is 5.75 Å². The molecule has 10 heteroatoms. The zero-order valence-corrected chi connectivity index (χ0v) is 18.4. The first kappa shape index (κ1) is 22.5. The molecule has 0 radical (unpaired) electrons. The molecule has 4 heterocycles. The molecule has 2 saturated heterocycles. The maximum Gasteiger partial charge on any atom is 0.573 e. The number of alkyl halides is 3. The van der Waals surface area contributed by atoms with Gasteiger partial charge in [0, 0.05) is 37.3 Å². The van der Waals surface area contributed by atoms with Crippen molar-refractivity contribution in [3.8, 4) is 11.8 Å². The van der Waals surface area contributed by atoms with Crippen molar-refractivity contribution in [2.24, 2.45) is 5.92 Å². The van der Waals surface area contributed by atoms with Gasteiger partial charge >= 0.3 is 18.1 Å². The topological polar surface area (TPSA) is 70.8 Å². The number of hydrogen-bond acceptors (Lipinski definition) is 5. The lowest BCUT2D eigenvalue weighted by Gasteiger charge is -2.32. The fraction of sp³-hybridized carbons (Fsp3) is 0.458. The van der Waals surface area contributed by atoms with Crippen LogP contribution in [0.4, 0.5) is 24.7 Å². The molecule has 3 aliphatic rings. The van der Waals surface area contributed by atoms with Crippen molar-refractivity contribution in [2.75, 3.05) is 31.5 Å². The lowest BCUT2D eigenvalue weighted by molar-refractivity contribution is -0.274. The summed E-state index contributed by atoms with van der Waals surface area (Å²) in [6.07, 6.45) is -0.342. The van der Waals surface area contributed by atoms with E-state index in [0.29, 0.717) is 24.6 Å². The standard InChI is InChI=1S/C24H25F3N5O2/c25-24(26,27)34-18-3-1-16(2-4-18)23(33)32-11-7-15(8-12-32)19-6-10-29-22-21(19)30-14-20(31-22)17-5-9-28-13-17/h1-4,6,10,15,17,20,28H,5,7-9,11-13H2,(H,29,31)/q+1. The Bertz CT molecular complexity index is 1110. The van der Waals surface area contributed by atoms with Crippen LogP contribution in [-0.2, 0) is 0 Å². The second kappa shape index (κ2) is 9.14. The molecule has 7 nitrogen and oxygen atoms in total. The minimum Gasteiger partial charge on any atom is -0.406 e. The van der Waals surface area contributed by atoms with Crippen LogP contribution in [-0.4, -0.2) is 54.4 Å². The maximum absolute atomic E-state index is 12.8. The molecule has 34 heavy (non-hydrogen) atoms. The number of anilines is 1. The number of nitrogens with one attached hydrogen (secondary N) is 2. The van der Waals surface area contributed by atoms with Crippen LogP contribution < -0.4 is 15.4 Å². The quantitative estimate of drug-likeness (QED) is 0.692. The van der Waals surface area contributed by atoms with E-state index < -0.39 is 6.36 Å². The van der Waals surface area contributed by atoms with E-state index in [4.69, 9.17) is 0 Å². The number of pyridine rings is 1. The fourth-order valence-electron chi connectivity index (χ4n) is 4.90. The first-order valence-corrected chi connectivity index (χ1v) is 11.4. The SMILES string of the molecule is O=C(c1ccc(OC(F)(F)F)cc1)N1CCC(c2ccnc3c2[N+]#CC(C2CCNC2)N3)CC1. The number of aromatic nitrogens is 1. The van der Waals surface area contributed by atoms with Crippen molar-refractivity contribution in [2.45, 2.75) is 37.6 Å². The van der Waals surface area contributed by atoms with E-state index in [1.54, 1.807) is 11.1 Å². The van der Waals surface area contributed by atoms with Crippen molar-refractivity contribution in [1.29, 1.82) is 0 Å². The molecule has 0 bridgehead atoms. The molecule has 0 saturated carbocycles. The molecule has 2 atom stereocenters. The van der Waals surface area contributed by atoms with Crippen molar-refractivity contribution in [3.63, 3.8) is 0 Å². The summed E-state index contributed by atoms with van der Waals surface area (Å²) in [6, 6.07) is 10.3. The number of nitrogens with zero attached hydrogens (tertiary/aromatic N) is 3. The van der Waals surface area contributed by atoms with Gasteiger partial charge in [0.25, 0.3) is 5.91 Å². The molecular formula is C24H25F3N5O2+. The van der Waals surface area contributed by atoms with E-state index >= 15 is 0 Å². The van der Waals surface area contributed by atoms with E-state index in [0.717, 1.165) is 61.6 Å². The fourth-order valence-corrected chi connectivity index (χ4v) is 4.90. The first-order valence-electron chi connectivity index (χ1n) is 11.4. The molecule has 2 unspecified atom stereocenters. The lowest BCUT2D eigenvalue weighted by atomic mass is 9.88. The van der Waals surface area contributed by atoms with Gasteiger partial charge in [-0.05, 0) is 66.9 Å². The number of likely N-dealkylation sites (tertiary alicyclic amines) is 1. The molecule has 0 aliphatic carbocycles. The van der Waals surface area contributed by atoms with Crippen molar-refractivity contribution in [1.82, 2.24) is 15.2 Å². The summed E-state index contributed by atoms with van der Waals surface area (Å²) < 4.78 is 40.9. The average Bonchev–Trinajstić information content (AvgIpc) is 3.38. The van der Waals surface area contributed by atoms with E-state index in [1.165, 1.54) is 12.1 Å². The van der Waals surface area contributed by atoms with Gasteiger partial charge in [-0.25, -0.2) is 4.98 Å². The number of carbonyl (C=O) groups excluding carboxylic acids is 1. The van der Waals surface area contributed by atoms with Gasteiger partial charge in [0.2, 0.25) is 5.82 Å². The maximum atomic E-state index is 12.8. The zero-order valence-electron chi connectivity index (χ0n) is 18.4. The molecule has 2 fully saturated rings. The number of halogens is 3. The Hall–Kier alpha value is -3.32. The Labute approximate surface area is 195 Å². The molecule has 0 spiro atoms. The van der Waals surface area contributed by atoms with Gasteiger partial charge in [-0.1, -0.05) is 0 Å². The molecule has 1 aromatic carbocycles. The number of rotatable bonds is 4. The van der Waals surface area contributed by atoms with Gasteiger partial charge in [-0.15, -0.1) is 13.2 Å². The molecule has 178 valence electrons. The summed E-state index contributed by atoms with van der Waals surface area (Å²) in [5.74, 6) is 0.927. The number of benzene rings is 1. The third-order valence-electron chi connectivity index (χ3n) is 6.69. The Kier molecular flexibility index (Phi) is 6.04. The Morgan fingerprint density at radius 3 is 2.59 bits per heavy atom. The molecule has 5 rings (SSSR count). The van der Waals surface area contributed by atoms with Crippen LogP contribution in [0.15, 0.2) is 36.5 Å².